The fourth-order valence-corrected chi connectivity index (χ4v) is 6.70. The molecule has 24 heteroatoms. The summed E-state index contributed by atoms with van der Waals surface area (Å²) in [5, 5.41) is 157. The van der Waals surface area contributed by atoms with Gasteiger partial charge in [-0.1, -0.05) is 136 Å². The van der Waals surface area contributed by atoms with Crippen LogP contribution in [0.3, 0.4) is 0 Å². The Bertz CT molecular complexity index is 2770. The molecule has 0 aliphatic heterocycles. The fourth-order valence-electron chi connectivity index (χ4n) is 6.70. The Kier molecular flexibility index (Phi) is 48.7. The van der Waals surface area contributed by atoms with Crippen molar-refractivity contribution in [2.75, 3.05) is 0 Å². The first-order valence-electron chi connectivity index (χ1n) is 32.5. The summed E-state index contributed by atoms with van der Waals surface area (Å²) >= 11 is 0. The van der Waals surface area contributed by atoms with Crippen molar-refractivity contribution in [1.82, 2.24) is 0 Å². The van der Waals surface area contributed by atoms with Crippen molar-refractivity contribution in [3.8, 4) is 72.8 Å². The molecule has 92 heavy (non-hydrogen) atoms. The van der Waals surface area contributed by atoms with E-state index in [0.717, 1.165) is 25.7 Å². The highest BCUT2D eigenvalue weighted by atomic mass is 15.2. The molecule has 0 amide bonds. The molecular weight excluding hydrogens is 1150 g/mol. The number of hydrogen-bond acceptors (Lipinski definition) is 24. The Morgan fingerprint density at radius 2 is 0.293 bits per heavy atom. The predicted octanol–water partition coefficient (Wildman–Crippen LogP) is 20.1. The molecule has 0 aliphatic carbocycles. The van der Waals surface area contributed by atoms with Gasteiger partial charge in [0, 0.05) is 0 Å². The van der Waals surface area contributed by atoms with E-state index in [1.165, 1.54) is 0 Å². The molecule has 0 aromatic carbocycles. The number of azo groups is 6. The number of rotatable bonds is 32. The molecule has 0 heterocycles. The Hall–Kier alpha value is -8.52. The Labute approximate surface area is 556 Å². The van der Waals surface area contributed by atoms with Gasteiger partial charge < -0.3 is 0 Å². The molecule has 24 nitrogen and oxygen atoms in total. The maximum atomic E-state index is 9.10. The summed E-state index contributed by atoms with van der Waals surface area (Å²) in [7, 11) is 0. The van der Waals surface area contributed by atoms with E-state index in [2.05, 4.69) is 134 Å². The SMILES string of the molecule is CCC(C#N)(CC)N=NC(C#N)(CC)CC.CCC(C)(C#N)N=NC(C#N)(CC)CC.CCC(C)(C#N)N=NC(C)(C#N)CC.CCCC(C)(C#N)N=NC(C#N)(CC)CC.CCCC(C)(C#N)N=NC(C)(C#N)CC.CCCC(C)(C#N)N=NC(C)(C#N)CCC. The van der Waals surface area contributed by atoms with E-state index >= 15 is 0 Å². The average molecular weight is 1270 g/mol. The van der Waals surface area contributed by atoms with Gasteiger partial charge in [-0.2, -0.15) is 125 Å². The smallest absolute Gasteiger partial charge is 0.167 e. The Balaban J connectivity index is -0.000000241. The Morgan fingerprint density at radius 3 is 0.402 bits per heavy atom. The molecule has 504 valence electrons. The van der Waals surface area contributed by atoms with Gasteiger partial charge in [-0.15, -0.1) is 0 Å². The molecular formula is C68H112N24. The zero-order chi connectivity index (χ0) is 73.1. The highest BCUT2D eigenvalue weighted by Gasteiger charge is 2.33. The zero-order valence-corrected chi connectivity index (χ0v) is 60.9. The van der Waals surface area contributed by atoms with Crippen LogP contribution in [0.5, 0.6) is 0 Å². The third-order valence-corrected chi connectivity index (χ3v) is 16.0. The second-order valence-corrected chi connectivity index (χ2v) is 24.1. The topological polar surface area (TPSA) is 434 Å². The quantitative estimate of drug-likeness (QED) is 0.0567. The second kappa shape index (κ2) is 47.4. The van der Waals surface area contributed by atoms with Crippen LogP contribution in [0.1, 0.15) is 295 Å². The van der Waals surface area contributed by atoms with Gasteiger partial charge in [-0.3, -0.25) is 0 Å². The van der Waals surface area contributed by atoms with Crippen molar-refractivity contribution in [2.45, 2.75) is 361 Å². The van der Waals surface area contributed by atoms with Crippen LogP contribution >= 0.6 is 0 Å². The average Bonchev–Trinajstić information content (AvgIpc) is 1.23. The van der Waals surface area contributed by atoms with E-state index in [9.17, 15) is 0 Å². The molecule has 0 aromatic rings. The van der Waals surface area contributed by atoms with E-state index in [4.69, 9.17) is 63.1 Å². The van der Waals surface area contributed by atoms with Gasteiger partial charge in [-0.05, 0) is 158 Å². The van der Waals surface area contributed by atoms with Crippen LogP contribution in [0.15, 0.2) is 61.4 Å². The standard InChI is InChI=1S/3C12H20N4.2C11H18N4.C10H16N4/c1-5-7-11(3,9-13)15-16-12(4,10-14)8-6-2;1-5-8-11(4,9-13)15-16-12(6-2,7-3)10-14;1-5-11(6-2,9-13)15-16-12(7-3,8-4)10-14;1-5-7-11(4,9-13)15-14-10(3,6-2)8-12;1-5-10(4,8-12)14-15-11(6-2,7-3)9-13;1-5-9(3,7-11)13-14-10(4,6-2)8-12/h3*5-8H2,1-4H3;2*5-7H2,1-4H3;5-6H2,1-4H3. The maximum Gasteiger partial charge on any atom is 0.167 e. The molecule has 0 N–H and O–H groups in total. The van der Waals surface area contributed by atoms with Crippen LogP contribution in [-0.4, -0.2) is 66.5 Å². The summed E-state index contributed by atoms with van der Waals surface area (Å²) in [6.07, 6.45) is 13.5. The van der Waals surface area contributed by atoms with E-state index in [-0.39, 0.29) is 0 Å². The lowest BCUT2D eigenvalue weighted by Gasteiger charge is -2.21. The molecule has 0 spiro atoms. The van der Waals surface area contributed by atoms with Crippen molar-refractivity contribution in [3.05, 3.63) is 0 Å². The van der Waals surface area contributed by atoms with Crippen molar-refractivity contribution < 1.29 is 0 Å². The minimum Gasteiger partial charge on any atom is -0.196 e. The summed E-state index contributed by atoms with van der Waals surface area (Å²) < 4.78 is 0. The molecule has 0 bridgehead atoms. The van der Waals surface area contributed by atoms with Crippen molar-refractivity contribution in [3.63, 3.8) is 0 Å². The highest BCUT2D eigenvalue weighted by Crippen LogP contribution is 2.29. The minimum absolute atomic E-state index is 0.595. The monoisotopic (exact) mass is 1260 g/mol. The normalized spacial score (nSPS) is 16.6. The van der Waals surface area contributed by atoms with Crippen LogP contribution < -0.4 is 0 Å². The first-order chi connectivity index (χ1) is 42.9. The summed E-state index contributed by atoms with van der Waals surface area (Å²) in [6, 6.07) is 25.7. The van der Waals surface area contributed by atoms with Gasteiger partial charge in [0.1, 0.15) is 0 Å². The van der Waals surface area contributed by atoms with Crippen LogP contribution in [0.2, 0.25) is 0 Å². The van der Waals surface area contributed by atoms with Crippen molar-refractivity contribution in [2.24, 2.45) is 61.4 Å². The predicted molar refractivity (Wildman–Crippen MR) is 358 cm³/mol. The van der Waals surface area contributed by atoms with Gasteiger partial charge in [0.25, 0.3) is 0 Å². The van der Waals surface area contributed by atoms with Gasteiger partial charge >= 0.3 is 0 Å². The fraction of sp³-hybridized carbons (Fsp3) is 0.824. The number of hydrogen-bond donors (Lipinski definition) is 0. The molecule has 0 aromatic heterocycles. The van der Waals surface area contributed by atoms with Crippen LogP contribution in [0.25, 0.3) is 0 Å². The van der Waals surface area contributed by atoms with Crippen molar-refractivity contribution >= 4 is 0 Å². The highest BCUT2D eigenvalue weighted by molar-refractivity contribution is 5.13. The van der Waals surface area contributed by atoms with Gasteiger partial charge in [0.05, 0.1) is 72.8 Å². The van der Waals surface area contributed by atoms with E-state index in [1.807, 2.05) is 111 Å². The molecule has 0 saturated heterocycles. The van der Waals surface area contributed by atoms with Crippen molar-refractivity contribution in [1.29, 1.82) is 63.1 Å². The van der Waals surface area contributed by atoms with E-state index in [0.29, 0.717) is 103 Å². The lowest BCUT2D eigenvalue weighted by atomic mass is 9.95. The molecule has 0 saturated carbocycles. The van der Waals surface area contributed by atoms with Gasteiger partial charge in [0.2, 0.25) is 0 Å². The molecule has 0 fully saturated rings. The lowest BCUT2D eigenvalue weighted by Crippen LogP contribution is -2.26. The summed E-state index contributed by atoms with van der Waals surface area (Å²) in [6.45, 7) is 44.7. The first kappa shape index (κ1) is 94.6. The largest absolute Gasteiger partial charge is 0.196 e. The van der Waals surface area contributed by atoms with Gasteiger partial charge in [0.15, 0.2) is 66.5 Å². The maximum absolute atomic E-state index is 9.10. The second-order valence-electron chi connectivity index (χ2n) is 24.1. The van der Waals surface area contributed by atoms with Crippen LogP contribution in [-0.2, 0) is 0 Å². The number of nitrogens with zero attached hydrogens (tertiary/aromatic N) is 24. The van der Waals surface area contributed by atoms with E-state index in [1.54, 1.807) is 55.4 Å². The molecule has 0 radical (unpaired) electrons. The third kappa shape index (κ3) is 35.8. The summed E-state index contributed by atoms with van der Waals surface area (Å²) in [5.74, 6) is 0. The molecule has 0 rings (SSSR count). The lowest BCUT2D eigenvalue weighted by molar-refractivity contribution is 0.415. The zero-order valence-electron chi connectivity index (χ0n) is 60.9. The Morgan fingerprint density at radius 1 is 0.174 bits per heavy atom. The van der Waals surface area contributed by atoms with Gasteiger partial charge in [-0.25, -0.2) is 0 Å². The molecule has 8 atom stereocenters. The summed E-state index contributed by atoms with van der Waals surface area (Å²) in [4.78, 5) is 0. The first-order valence-corrected chi connectivity index (χ1v) is 32.5. The van der Waals surface area contributed by atoms with E-state index < -0.39 is 66.5 Å². The molecule has 0 aliphatic rings. The number of nitriles is 12. The molecule has 8 unspecified atom stereocenters. The third-order valence-electron chi connectivity index (χ3n) is 16.0. The summed E-state index contributed by atoms with van der Waals surface area (Å²) in [5.41, 5.74) is -9.39. The minimum atomic E-state index is -0.800. The van der Waals surface area contributed by atoms with Crippen LogP contribution in [0.4, 0.5) is 0 Å². The van der Waals surface area contributed by atoms with Crippen LogP contribution in [0, 0.1) is 136 Å².